The molecule has 2 N–H and O–H groups in total. The topological polar surface area (TPSA) is 106 Å². The van der Waals surface area contributed by atoms with Crippen LogP contribution in [0.1, 0.15) is 21.8 Å². The quantitative estimate of drug-likeness (QED) is 0.523. The van der Waals surface area contributed by atoms with Crippen molar-refractivity contribution in [3.8, 4) is 16.9 Å². The fourth-order valence-corrected chi connectivity index (χ4v) is 3.13. The largest absolute Gasteiger partial charge is 0.504 e. The van der Waals surface area contributed by atoms with Crippen molar-refractivity contribution in [2.75, 3.05) is 5.32 Å². The van der Waals surface area contributed by atoms with Gasteiger partial charge in [0.2, 0.25) is 0 Å². The van der Waals surface area contributed by atoms with Crippen molar-refractivity contribution in [2.24, 2.45) is 0 Å². The second-order valence-corrected chi connectivity index (χ2v) is 6.38. The van der Waals surface area contributed by atoms with Crippen molar-refractivity contribution in [1.29, 1.82) is 0 Å². The third kappa shape index (κ3) is 3.03. The summed E-state index contributed by atoms with van der Waals surface area (Å²) in [6.07, 6.45) is 0. The lowest BCUT2D eigenvalue weighted by Crippen LogP contribution is -2.20. The number of hydrogen-bond donors (Lipinski definition) is 2. The number of carbonyl (C=O) groups is 1. The predicted octanol–water partition coefficient (Wildman–Crippen LogP) is 4.02. The molecule has 0 saturated carbocycles. The number of phenolic OH excluding ortho intramolecular Hbond substituents is 1. The van der Waals surface area contributed by atoms with Crippen LogP contribution >= 0.6 is 0 Å². The van der Waals surface area contributed by atoms with Gasteiger partial charge in [0.15, 0.2) is 11.3 Å². The van der Waals surface area contributed by atoms with Crippen LogP contribution in [0.15, 0.2) is 62.3 Å². The van der Waals surface area contributed by atoms with Crippen molar-refractivity contribution in [2.45, 2.75) is 13.8 Å². The highest BCUT2D eigenvalue weighted by atomic mass is 16.5. The lowest BCUT2D eigenvalue weighted by molar-refractivity contribution is 0.102. The van der Waals surface area contributed by atoms with Crippen LogP contribution in [0.4, 0.5) is 5.69 Å². The Hall–Kier alpha value is -3.87. The second kappa shape index (κ2) is 6.70. The zero-order valence-corrected chi connectivity index (χ0v) is 15.1. The van der Waals surface area contributed by atoms with Crippen LogP contribution in [-0.2, 0) is 0 Å². The van der Waals surface area contributed by atoms with Crippen molar-refractivity contribution in [1.82, 2.24) is 5.16 Å². The smallest absolute Gasteiger partial charge is 0.349 e. The van der Waals surface area contributed by atoms with E-state index in [0.29, 0.717) is 16.8 Å². The Morgan fingerprint density at radius 1 is 1.11 bits per heavy atom. The van der Waals surface area contributed by atoms with E-state index in [9.17, 15) is 14.7 Å². The molecule has 7 nitrogen and oxygen atoms in total. The molecule has 4 aromatic rings. The van der Waals surface area contributed by atoms with Crippen LogP contribution in [0, 0.1) is 13.8 Å². The third-order valence-corrected chi connectivity index (χ3v) is 4.43. The van der Waals surface area contributed by atoms with Gasteiger partial charge < -0.3 is 19.4 Å². The summed E-state index contributed by atoms with van der Waals surface area (Å²) < 4.78 is 10.3. The Morgan fingerprint density at radius 2 is 1.89 bits per heavy atom. The van der Waals surface area contributed by atoms with E-state index < -0.39 is 11.5 Å². The molecule has 0 saturated heterocycles. The molecule has 0 aliphatic carbocycles. The van der Waals surface area contributed by atoms with Gasteiger partial charge in [0.25, 0.3) is 5.91 Å². The number of amides is 1. The minimum absolute atomic E-state index is 0.0458. The van der Waals surface area contributed by atoms with Crippen LogP contribution in [-0.4, -0.2) is 16.2 Å². The summed E-state index contributed by atoms with van der Waals surface area (Å²) in [5, 5.41) is 16.9. The van der Waals surface area contributed by atoms with Gasteiger partial charge in [0, 0.05) is 16.6 Å². The Balaban J connectivity index is 1.68. The van der Waals surface area contributed by atoms with Crippen LogP contribution in [0.5, 0.6) is 5.75 Å². The fourth-order valence-electron chi connectivity index (χ4n) is 3.13. The number of anilines is 1. The number of nitrogens with one attached hydrogen (secondary N) is 1. The Labute approximate surface area is 159 Å². The minimum atomic E-state index is -0.826. The highest BCUT2D eigenvalue weighted by molar-refractivity contribution is 6.05. The number of carbonyl (C=O) groups excluding carboxylic acids is 1. The van der Waals surface area contributed by atoms with Crippen LogP contribution in [0.2, 0.25) is 0 Å². The van der Waals surface area contributed by atoms with E-state index in [1.54, 1.807) is 30.3 Å². The Bertz CT molecular complexity index is 1250. The van der Waals surface area contributed by atoms with E-state index >= 15 is 0 Å². The number of phenols is 1. The number of rotatable bonds is 3. The van der Waals surface area contributed by atoms with Gasteiger partial charge in [-0.25, -0.2) is 4.79 Å². The third-order valence-electron chi connectivity index (χ3n) is 4.43. The summed E-state index contributed by atoms with van der Waals surface area (Å²) >= 11 is 0. The van der Waals surface area contributed by atoms with Gasteiger partial charge in [-0.3, -0.25) is 4.79 Å². The van der Waals surface area contributed by atoms with Crippen LogP contribution in [0.25, 0.3) is 22.1 Å². The Kier molecular flexibility index (Phi) is 4.19. The number of aromatic nitrogens is 1. The predicted molar refractivity (Wildman–Crippen MR) is 104 cm³/mol. The SMILES string of the molecule is Cc1noc(C)c1-c1cccc(NC(=O)c2cc3cccc(O)c3oc2=O)c1. The van der Waals surface area contributed by atoms with Gasteiger partial charge >= 0.3 is 5.63 Å². The maximum Gasteiger partial charge on any atom is 0.349 e. The van der Waals surface area contributed by atoms with Crippen LogP contribution in [0.3, 0.4) is 0 Å². The molecule has 0 aliphatic rings. The van der Waals surface area contributed by atoms with Crippen molar-refractivity contribution >= 4 is 22.6 Å². The molecule has 0 atom stereocenters. The first-order chi connectivity index (χ1) is 13.4. The number of nitrogens with zero attached hydrogens (tertiary/aromatic N) is 1. The maximum absolute atomic E-state index is 12.6. The summed E-state index contributed by atoms with van der Waals surface area (Å²) in [7, 11) is 0. The molecule has 7 heteroatoms. The molecule has 28 heavy (non-hydrogen) atoms. The molecule has 2 heterocycles. The highest BCUT2D eigenvalue weighted by Gasteiger charge is 2.16. The molecule has 140 valence electrons. The zero-order valence-electron chi connectivity index (χ0n) is 15.1. The summed E-state index contributed by atoms with van der Waals surface area (Å²) in [5.74, 6) is -0.0837. The number of fused-ring (bicyclic) bond motifs is 1. The average molecular weight is 376 g/mol. The standard InChI is InChI=1S/C21H16N2O5/c1-11-18(12(2)28-23-11)13-5-3-7-15(9-13)22-20(25)16-10-14-6-4-8-17(24)19(14)27-21(16)26/h3-10,24H,1-2H3,(H,22,25). The van der Waals surface area contributed by atoms with Crippen molar-refractivity contribution in [3.05, 3.63) is 76.0 Å². The van der Waals surface area contributed by atoms with Gasteiger partial charge in [-0.2, -0.15) is 0 Å². The lowest BCUT2D eigenvalue weighted by atomic mass is 10.0. The van der Waals surface area contributed by atoms with E-state index in [-0.39, 0.29) is 16.9 Å². The minimum Gasteiger partial charge on any atom is -0.504 e. The molecule has 1 amide bonds. The van der Waals surface area contributed by atoms with Crippen molar-refractivity contribution < 1.29 is 18.8 Å². The first kappa shape index (κ1) is 17.5. The number of aryl methyl sites for hydroxylation is 2. The number of hydrogen-bond acceptors (Lipinski definition) is 6. The van der Waals surface area contributed by atoms with Crippen molar-refractivity contribution in [3.63, 3.8) is 0 Å². The average Bonchev–Trinajstić information content (AvgIpc) is 3.00. The van der Waals surface area contributed by atoms with Gasteiger partial charge in [-0.05, 0) is 43.7 Å². The summed E-state index contributed by atoms with van der Waals surface area (Å²) in [5.41, 5.74) is 2.02. The van der Waals surface area contributed by atoms with E-state index in [1.807, 2.05) is 19.9 Å². The molecule has 0 fully saturated rings. The molecule has 0 bridgehead atoms. The van der Waals surface area contributed by atoms with E-state index in [4.69, 9.17) is 8.94 Å². The number of para-hydroxylation sites is 1. The molecule has 4 rings (SSSR count). The van der Waals surface area contributed by atoms with E-state index in [2.05, 4.69) is 10.5 Å². The highest BCUT2D eigenvalue weighted by Crippen LogP contribution is 2.29. The molecular formula is C21H16N2O5. The molecule has 2 aromatic heterocycles. The maximum atomic E-state index is 12.6. The molecule has 2 aromatic carbocycles. The summed E-state index contributed by atoms with van der Waals surface area (Å²) in [6.45, 7) is 3.66. The summed E-state index contributed by atoms with van der Waals surface area (Å²) in [6, 6.07) is 13.2. The van der Waals surface area contributed by atoms with Gasteiger partial charge in [-0.1, -0.05) is 29.4 Å². The van der Waals surface area contributed by atoms with Gasteiger partial charge in [0.05, 0.1) is 5.69 Å². The normalized spacial score (nSPS) is 10.9. The second-order valence-electron chi connectivity index (χ2n) is 6.38. The first-order valence-electron chi connectivity index (χ1n) is 8.54. The zero-order chi connectivity index (χ0) is 19.8. The molecular weight excluding hydrogens is 360 g/mol. The molecule has 0 spiro atoms. The molecule has 0 aliphatic heterocycles. The fraction of sp³-hybridized carbons (Fsp3) is 0.0952. The van der Waals surface area contributed by atoms with E-state index in [1.165, 1.54) is 12.1 Å². The lowest BCUT2D eigenvalue weighted by Gasteiger charge is -2.08. The van der Waals surface area contributed by atoms with Gasteiger partial charge in [-0.15, -0.1) is 0 Å². The monoisotopic (exact) mass is 376 g/mol. The Morgan fingerprint density at radius 3 is 2.64 bits per heavy atom. The summed E-state index contributed by atoms with van der Waals surface area (Å²) in [4.78, 5) is 24.8. The molecule has 0 radical (unpaired) electrons. The van der Waals surface area contributed by atoms with Gasteiger partial charge in [0.1, 0.15) is 11.3 Å². The number of benzene rings is 2. The molecule has 0 unspecified atom stereocenters. The first-order valence-corrected chi connectivity index (χ1v) is 8.54. The van der Waals surface area contributed by atoms with Crippen LogP contribution < -0.4 is 10.9 Å². The number of aromatic hydroxyl groups is 1. The van der Waals surface area contributed by atoms with E-state index in [0.717, 1.165) is 16.8 Å².